The van der Waals surface area contributed by atoms with Crippen molar-refractivity contribution in [1.82, 2.24) is 4.98 Å². The van der Waals surface area contributed by atoms with Crippen LogP contribution in [0.2, 0.25) is 0 Å². The summed E-state index contributed by atoms with van der Waals surface area (Å²) < 4.78 is 1.02. The molecule has 0 radical (unpaired) electrons. The zero-order valence-electron chi connectivity index (χ0n) is 13.4. The van der Waals surface area contributed by atoms with Gasteiger partial charge in [-0.3, -0.25) is 14.9 Å². The molecular formula is C19H13N3O2S2. The van der Waals surface area contributed by atoms with Crippen molar-refractivity contribution in [2.75, 3.05) is 10.6 Å². The van der Waals surface area contributed by atoms with Crippen LogP contribution < -0.4 is 10.6 Å². The van der Waals surface area contributed by atoms with Gasteiger partial charge in [-0.15, -0.1) is 11.3 Å². The number of hydrogen-bond donors (Lipinski definition) is 2. The lowest BCUT2D eigenvalue weighted by atomic mass is 10.2. The monoisotopic (exact) mass is 379 g/mol. The van der Waals surface area contributed by atoms with Crippen LogP contribution in [0.5, 0.6) is 0 Å². The van der Waals surface area contributed by atoms with Gasteiger partial charge in [0.15, 0.2) is 5.13 Å². The lowest BCUT2D eigenvalue weighted by Crippen LogP contribution is -2.13. The molecule has 0 spiro atoms. The summed E-state index contributed by atoms with van der Waals surface area (Å²) in [4.78, 5) is 29.5. The average Bonchev–Trinajstić information content (AvgIpc) is 3.31. The maximum Gasteiger partial charge on any atom is 0.265 e. The highest BCUT2D eigenvalue weighted by molar-refractivity contribution is 7.22. The number of benzene rings is 2. The highest BCUT2D eigenvalue weighted by Crippen LogP contribution is 2.25. The SMILES string of the molecule is O=C(Nc1nc2ccccc2s1)c1ccc(NC(=O)c2cccs2)cc1. The molecule has 0 aliphatic rings. The van der Waals surface area contributed by atoms with Crippen LogP contribution in [0.4, 0.5) is 10.8 Å². The molecule has 7 heteroatoms. The number of nitrogens with one attached hydrogen (secondary N) is 2. The van der Waals surface area contributed by atoms with Gasteiger partial charge >= 0.3 is 0 Å². The third-order valence-electron chi connectivity index (χ3n) is 3.66. The summed E-state index contributed by atoms with van der Waals surface area (Å²) in [5, 5.41) is 8.03. The second-order valence-electron chi connectivity index (χ2n) is 5.45. The first-order chi connectivity index (χ1) is 12.7. The van der Waals surface area contributed by atoms with Crippen LogP contribution in [0.1, 0.15) is 20.0 Å². The minimum atomic E-state index is -0.236. The summed E-state index contributed by atoms with van der Waals surface area (Å²) in [6.07, 6.45) is 0. The molecule has 2 N–H and O–H groups in total. The second-order valence-corrected chi connectivity index (χ2v) is 7.43. The van der Waals surface area contributed by atoms with Gasteiger partial charge in [-0.25, -0.2) is 4.98 Å². The predicted molar refractivity (Wildman–Crippen MR) is 106 cm³/mol. The fourth-order valence-corrected chi connectivity index (χ4v) is 3.88. The first-order valence-corrected chi connectivity index (χ1v) is 9.50. The number of carbonyl (C=O) groups excluding carboxylic acids is 2. The number of anilines is 2. The Morgan fingerprint density at radius 2 is 1.65 bits per heavy atom. The van der Waals surface area contributed by atoms with Gasteiger partial charge < -0.3 is 5.32 Å². The van der Waals surface area contributed by atoms with E-state index in [0.717, 1.165) is 10.2 Å². The molecule has 0 bridgehead atoms. The van der Waals surface area contributed by atoms with Gasteiger partial charge in [0.1, 0.15) is 0 Å². The number of thiazole rings is 1. The zero-order valence-corrected chi connectivity index (χ0v) is 15.1. The van der Waals surface area contributed by atoms with Crippen molar-refractivity contribution < 1.29 is 9.59 Å². The lowest BCUT2D eigenvalue weighted by Gasteiger charge is -2.05. The van der Waals surface area contributed by atoms with Gasteiger partial charge in [0.05, 0.1) is 15.1 Å². The van der Waals surface area contributed by atoms with E-state index in [-0.39, 0.29) is 11.8 Å². The van der Waals surface area contributed by atoms with E-state index in [2.05, 4.69) is 15.6 Å². The van der Waals surface area contributed by atoms with E-state index in [0.29, 0.717) is 21.3 Å². The second kappa shape index (κ2) is 7.07. The summed E-state index contributed by atoms with van der Waals surface area (Å²) in [5.41, 5.74) is 2.00. The van der Waals surface area contributed by atoms with Crippen molar-refractivity contribution in [3.63, 3.8) is 0 Å². The number of nitrogens with zero attached hydrogens (tertiary/aromatic N) is 1. The third-order valence-corrected chi connectivity index (χ3v) is 5.48. The van der Waals surface area contributed by atoms with E-state index in [9.17, 15) is 9.59 Å². The number of fused-ring (bicyclic) bond motifs is 1. The molecule has 128 valence electrons. The summed E-state index contributed by atoms with van der Waals surface area (Å²) in [6, 6.07) is 18.1. The quantitative estimate of drug-likeness (QED) is 0.532. The van der Waals surface area contributed by atoms with Crippen LogP contribution in [0, 0.1) is 0 Å². The van der Waals surface area contributed by atoms with Gasteiger partial charge in [0.2, 0.25) is 0 Å². The first-order valence-electron chi connectivity index (χ1n) is 7.81. The van der Waals surface area contributed by atoms with Crippen LogP contribution >= 0.6 is 22.7 Å². The molecule has 2 heterocycles. The average molecular weight is 379 g/mol. The number of amides is 2. The Kier molecular flexibility index (Phi) is 4.47. The number of para-hydroxylation sites is 1. The smallest absolute Gasteiger partial charge is 0.265 e. The van der Waals surface area contributed by atoms with Crippen LogP contribution in [0.3, 0.4) is 0 Å². The molecule has 2 aromatic carbocycles. The molecule has 26 heavy (non-hydrogen) atoms. The van der Waals surface area contributed by atoms with E-state index in [1.807, 2.05) is 35.7 Å². The molecular weight excluding hydrogens is 366 g/mol. The minimum Gasteiger partial charge on any atom is -0.321 e. The van der Waals surface area contributed by atoms with Crippen LogP contribution in [-0.2, 0) is 0 Å². The topological polar surface area (TPSA) is 71.1 Å². The van der Waals surface area contributed by atoms with Crippen molar-refractivity contribution in [1.29, 1.82) is 0 Å². The van der Waals surface area contributed by atoms with Crippen molar-refractivity contribution in [3.05, 3.63) is 76.5 Å². The number of thiophene rings is 1. The van der Waals surface area contributed by atoms with Gasteiger partial charge in [-0.1, -0.05) is 29.5 Å². The van der Waals surface area contributed by atoms with Gasteiger partial charge in [0, 0.05) is 11.3 Å². The third kappa shape index (κ3) is 3.49. The number of carbonyl (C=O) groups is 2. The van der Waals surface area contributed by atoms with Gasteiger partial charge in [-0.05, 0) is 47.8 Å². The van der Waals surface area contributed by atoms with Crippen LogP contribution in [0.15, 0.2) is 66.0 Å². The van der Waals surface area contributed by atoms with Crippen molar-refractivity contribution in [3.8, 4) is 0 Å². The number of aromatic nitrogens is 1. The normalized spacial score (nSPS) is 10.6. The van der Waals surface area contributed by atoms with Gasteiger partial charge in [-0.2, -0.15) is 0 Å². The van der Waals surface area contributed by atoms with Crippen LogP contribution in [-0.4, -0.2) is 16.8 Å². The van der Waals surface area contributed by atoms with E-state index in [1.165, 1.54) is 22.7 Å². The Morgan fingerprint density at radius 1 is 0.846 bits per heavy atom. The fraction of sp³-hybridized carbons (Fsp3) is 0. The first kappa shape index (κ1) is 16.4. The standard InChI is InChI=1S/C19H13N3O2S2/c23-17(22-19-21-14-4-1-2-5-15(14)26-19)12-7-9-13(10-8-12)20-18(24)16-6-3-11-25-16/h1-11H,(H,20,24)(H,21,22,23). The molecule has 0 saturated carbocycles. The largest absolute Gasteiger partial charge is 0.321 e. The predicted octanol–water partition coefficient (Wildman–Crippen LogP) is 4.86. The maximum absolute atomic E-state index is 12.4. The molecule has 4 aromatic rings. The number of rotatable bonds is 4. The van der Waals surface area contributed by atoms with Crippen molar-refractivity contribution in [2.45, 2.75) is 0 Å². The summed E-state index contributed by atoms with van der Waals surface area (Å²) >= 11 is 2.81. The van der Waals surface area contributed by atoms with Crippen LogP contribution in [0.25, 0.3) is 10.2 Å². The molecule has 0 saturated heterocycles. The Balaban J connectivity index is 1.44. The van der Waals surface area contributed by atoms with Crippen molar-refractivity contribution >= 4 is 55.5 Å². The van der Waals surface area contributed by atoms with E-state index >= 15 is 0 Å². The molecule has 0 unspecified atom stereocenters. The summed E-state index contributed by atoms with van der Waals surface area (Å²) in [7, 11) is 0. The molecule has 0 aliphatic carbocycles. The molecule has 5 nitrogen and oxygen atoms in total. The molecule has 0 aliphatic heterocycles. The molecule has 2 amide bonds. The Hall–Kier alpha value is -3.03. The van der Waals surface area contributed by atoms with E-state index < -0.39 is 0 Å². The highest BCUT2D eigenvalue weighted by Gasteiger charge is 2.11. The molecule has 2 aromatic heterocycles. The lowest BCUT2D eigenvalue weighted by molar-refractivity contribution is 0.102. The molecule has 0 atom stereocenters. The summed E-state index contributed by atoms with van der Waals surface area (Å²) in [5.74, 6) is -0.396. The van der Waals surface area contributed by atoms with Crippen molar-refractivity contribution in [2.24, 2.45) is 0 Å². The molecule has 4 rings (SSSR count). The Morgan fingerprint density at radius 3 is 2.38 bits per heavy atom. The summed E-state index contributed by atoms with van der Waals surface area (Å²) in [6.45, 7) is 0. The van der Waals surface area contributed by atoms with Gasteiger partial charge in [0.25, 0.3) is 11.8 Å². The minimum absolute atomic E-state index is 0.160. The Labute approximate surface area is 157 Å². The number of hydrogen-bond acceptors (Lipinski definition) is 5. The zero-order chi connectivity index (χ0) is 17.9. The van der Waals surface area contributed by atoms with E-state index in [4.69, 9.17) is 0 Å². The van der Waals surface area contributed by atoms with E-state index in [1.54, 1.807) is 30.3 Å². The highest BCUT2D eigenvalue weighted by atomic mass is 32.1. The maximum atomic E-state index is 12.4. The molecule has 0 fully saturated rings. The fourth-order valence-electron chi connectivity index (χ4n) is 2.40. The Bertz CT molecular complexity index is 1040.